The Morgan fingerprint density at radius 3 is 1.62 bits per heavy atom. The Kier molecular flexibility index (Phi) is 8.56. The van der Waals surface area contributed by atoms with E-state index in [1.807, 2.05) is 6.07 Å². The summed E-state index contributed by atoms with van der Waals surface area (Å²) in [5.74, 6) is 0. The summed E-state index contributed by atoms with van der Waals surface area (Å²) in [5.41, 5.74) is 20.6. The molecule has 0 saturated heterocycles. The molecule has 312 valence electrons. The first-order valence-corrected chi connectivity index (χ1v) is 22.8. The second-order valence-electron chi connectivity index (χ2n) is 18.1. The van der Waals surface area contributed by atoms with Crippen molar-refractivity contribution in [2.45, 2.75) is 19.3 Å². The molecular formula is C63H44N2O. The van der Waals surface area contributed by atoms with Crippen LogP contribution in [0.1, 0.15) is 25.0 Å². The van der Waals surface area contributed by atoms with Crippen molar-refractivity contribution < 1.29 is 4.42 Å². The normalized spacial score (nSPS) is 12.8. The molecule has 12 aromatic rings. The van der Waals surface area contributed by atoms with Crippen molar-refractivity contribution in [2.24, 2.45) is 0 Å². The SMILES string of the molecule is CC1(C)c2ccccc2-c2ccc(-c3ccc(N(c4ccc(-c5ccccc5)cc4)c4ccc(-n5c6ccccc6c6ccccc65)c(-c5cccc6c5oc5ccccc56)c4)cc3)cc21. The second kappa shape index (κ2) is 14.8. The lowest BCUT2D eigenvalue weighted by molar-refractivity contribution is 0.660. The molecule has 66 heavy (non-hydrogen) atoms. The van der Waals surface area contributed by atoms with Crippen LogP contribution in [0.3, 0.4) is 0 Å². The Balaban J connectivity index is 1.01. The Bertz CT molecular complexity index is 3780. The number of hydrogen-bond acceptors (Lipinski definition) is 2. The van der Waals surface area contributed by atoms with Crippen molar-refractivity contribution in [2.75, 3.05) is 4.90 Å². The van der Waals surface area contributed by atoms with Gasteiger partial charge in [-0.2, -0.15) is 0 Å². The number of benzene rings is 10. The molecule has 0 unspecified atom stereocenters. The first kappa shape index (κ1) is 38.1. The van der Waals surface area contributed by atoms with Crippen LogP contribution in [0.5, 0.6) is 0 Å². The largest absolute Gasteiger partial charge is 0.455 e. The van der Waals surface area contributed by atoms with E-state index in [1.165, 1.54) is 55.3 Å². The topological polar surface area (TPSA) is 21.3 Å². The summed E-state index contributed by atoms with van der Waals surface area (Å²) in [5, 5.41) is 4.66. The molecule has 0 N–H and O–H groups in total. The Morgan fingerprint density at radius 1 is 0.364 bits per heavy atom. The fourth-order valence-corrected chi connectivity index (χ4v) is 10.8. The highest BCUT2D eigenvalue weighted by Gasteiger charge is 2.35. The maximum atomic E-state index is 6.80. The maximum Gasteiger partial charge on any atom is 0.143 e. The molecule has 1 aliphatic rings. The molecule has 2 aromatic heterocycles. The molecule has 0 atom stereocenters. The van der Waals surface area contributed by atoms with Gasteiger partial charge in [0, 0.05) is 55.1 Å². The minimum absolute atomic E-state index is 0.0691. The van der Waals surface area contributed by atoms with Gasteiger partial charge in [0.1, 0.15) is 11.2 Å². The number of furan rings is 1. The average molecular weight is 845 g/mol. The number of rotatable bonds is 7. The Labute approximate surface area is 384 Å². The van der Waals surface area contributed by atoms with Gasteiger partial charge >= 0.3 is 0 Å². The van der Waals surface area contributed by atoms with E-state index in [1.54, 1.807) is 0 Å². The number of anilines is 3. The predicted octanol–water partition coefficient (Wildman–Crippen LogP) is 17.5. The van der Waals surface area contributed by atoms with E-state index in [0.29, 0.717) is 0 Å². The minimum Gasteiger partial charge on any atom is -0.455 e. The molecular weight excluding hydrogens is 801 g/mol. The van der Waals surface area contributed by atoms with Gasteiger partial charge in [0.25, 0.3) is 0 Å². The number of hydrogen-bond donors (Lipinski definition) is 0. The molecule has 0 fully saturated rings. The highest BCUT2D eigenvalue weighted by atomic mass is 16.3. The van der Waals surface area contributed by atoms with E-state index in [9.17, 15) is 0 Å². The zero-order valence-electron chi connectivity index (χ0n) is 36.7. The second-order valence-corrected chi connectivity index (χ2v) is 18.1. The summed E-state index contributed by atoms with van der Waals surface area (Å²) in [6.45, 7) is 4.70. The van der Waals surface area contributed by atoms with Crippen LogP contribution < -0.4 is 4.90 Å². The molecule has 13 rings (SSSR count). The van der Waals surface area contributed by atoms with Crippen LogP contribution >= 0.6 is 0 Å². The van der Waals surface area contributed by atoms with Gasteiger partial charge in [-0.05, 0) is 111 Å². The zero-order chi connectivity index (χ0) is 43.9. The van der Waals surface area contributed by atoms with Crippen LogP contribution in [-0.2, 0) is 5.41 Å². The van der Waals surface area contributed by atoms with E-state index in [0.717, 1.165) is 66.8 Å². The molecule has 0 amide bonds. The van der Waals surface area contributed by atoms with Crippen molar-refractivity contribution in [3.05, 3.63) is 242 Å². The van der Waals surface area contributed by atoms with Gasteiger partial charge in [-0.3, -0.25) is 0 Å². The van der Waals surface area contributed by atoms with Gasteiger partial charge in [0.15, 0.2) is 0 Å². The summed E-state index contributed by atoms with van der Waals surface area (Å²) >= 11 is 0. The fraction of sp³-hybridized carbons (Fsp3) is 0.0476. The maximum absolute atomic E-state index is 6.80. The van der Waals surface area contributed by atoms with Crippen LogP contribution in [0.15, 0.2) is 235 Å². The molecule has 1 aliphatic carbocycles. The number of para-hydroxylation sites is 4. The predicted molar refractivity (Wildman–Crippen MR) is 277 cm³/mol. The molecule has 0 bridgehead atoms. The van der Waals surface area contributed by atoms with Gasteiger partial charge in [0.2, 0.25) is 0 Å². The molecule has 10 aromatic carbocycles. The molecule has 0 saturated carbocycles. The highest BCUT2D eigenvalue weighted by Crippen LogP contribution is 2.50. The molecule has 3 nitrogen and oxygen atoms in total. The first-order chi connectivity index (χ1) is 32.5. The van der Waals surface area contributed by atoms with Crippen molar-refractivity contribution in [3.63, 3.8) is 0 Å². The smallest absolute Gasteiger partial charge is 0.143 e. The van der Waals surface area contributed by atoms with E-state index < -0.39 is 0 Å². The molecule has 2 heterocycles. The van der Waals surface area contributed by atoms with E-state index in [4.69, 9.17) is 4.42 Å². The standard InChI is InChI=1S/C63H44N2O/c1-63(2)56-23-10-6-17-48(56)49-37-31-44(39-57(49)63)43-29-34-46(35-30-43)64(45-32-27-42(28-33-45)41-15-4-3-5-16-41)47-36-38-60(65-58-24-11-7-18-50(58)51-19-8-12-25-59(51)65)55(40-47)54-22-14-21-53-52-20-9-13-26-61(52)66-62(53)54/h3-40H,1-2H3. The van der Waals surface area contributed by atoms with Gasteiger partial charge in [-0.1, -0.05) is 178 Å². The third-order valence-electron chi connectivity index (χ3n) is 14.0. The lowest BCUT2D eigenvalue weighted by atomic mass is 9.81. The van der Waals surface area contributed by atoms with Gasteiger partial charge in [-0.15, -0.1) is 0 Å². The Hall–Kier alpha value is -8.40. The summed E-state index contributed by atoms with van der Waals surface area (Å²) in [6, 6.07) is 83.8. The van der Waals surface area contributed by atoms with Crippen LogP contribution in [0.2, 0.25) is 0 Å². The van der Waals surface area contributed by atoms with E-state index in [-0.39, 0.29) is 5.41 Å². The fourth-order valence-electron chi connectivity index (χ4n) is 10.8. The first-order valence-electron chi connectivity index (χ1n) is 22.8. The van der Waals surface area contributed by atoms with Gasteiger partial charge in [0.05, 0.1) is 16.7 Å². The van der Waals surface area contributed by atoms with E-state index in [2.05, 4.69) is 248 Å². The lowest BCUT2D eigenvalue weighted by Crippen LogP contribution is -2.14. The van der Waals surface area contributed by atoms with Crippen LogP contribution in [0, 0.1) is 0 Å². The highest BCUT2D eigenvalue weighted by molar-refractivity contribution is 6.12. The minimum atomic E-state index is -0.0691. The molecule has 0 radical (unpaired) electrons. The van der Waals surface area contributed by atoms with Gasteiger partial charge < -0.3 is 13.9 Å². The summed E-state index contributed by atoms with van der Waals surface area (Å²) in [7, 11) is 0. The third-order valence-corrected chi connectivity index (χ3v) is 14.0. The van der Waals surface area contributed by atoms with Crippen molar-refractivity contribution in [3.8, 4) is 50.2 Å². The van der Waals surface area contributed by atoms with Crippen LogP contribution in [-0.4, -0.2) is 4.57 Å². The molecule has 0 spiro atoms. The summed E-state index contributed by atoms with van der Waals surface area (Å²) in [6.07, 6.45) is 0. The van der Waals surface area contributed by atoms with E-state index >= 15 is 0 Å². The lowest BCUT2D eigenvalue weighted by Gasteiger charge is -2.27. The number of fused-ring (bicyclic) bond motifs is 9. The number of aromatic nitrogens is 1. The van der Waals surface area contributed by atoms with Crippen LogP contribution in [0.25, 0.3) is 93.9 Å². The molecule has 0 aliphatic heterocycles. The van der Waals surface area contributed by atoms with Crippen molar-refractivity contribution in [1.29, 1.82) is 0 Å². The van der Waals surface area contributed by atoms with Gasteiger partial charge in [-0.25, -0.2) is 0 Å². The Morgan fingerprint density at radius 2 is 0.894 bits per heavy atom. The summed E-state index contributed by atoms with van der Waals surface area (Å²) in [4.78, 5) is 2.39. The zero-order valence-corrected chi connectivity index (χ0v) is 36.7. The summed E-state index contributed by atoms with van der Waals surface area (Å²) < 4.78 is 9.23. The number of nitrogens with zero attached hydrogens (tertiary/aromatic N) is 2. The average Bonchev–Trinajstić information content (AvgIpc) is 4.00. The van der Waals surface area contributed by atoms with Crippen LogP contribution in [0.4, 0.5) is 17.1 Å². The molecule has 3 heteroatoms. The third kappa shape index (κ3) is 5.90. The van der Waals surface area contributed by atoms with Crippen molar-refractivity contribution in [1.82, 2.24) is 4.57 Å². The van der Waals surface area contributed by atoms with Crippen molar-refractivity contribution >= 4 is 60.8 Å². The quantitative estimate of drug-likeness (QED) is 0.159. The monoisotopic (exact) mass is 844 g/mol.